The summed E-state index contributed by atoms with van der Waals surface area (Å²) in [5.74, 6) is 0.0636. The van der Waals surface area contributed by atoms with Crippen LogP contribution in [-0.2, 0) is 4.79 Å². The fourth-order valence-corrected chi connectivity index (χ4v) is 10.2. The zero-order valence-corrected chi connectivity index (χ0v) is 26.1. The van der Waals surface area contributed by atoms with E-state index in [1.165, 1.54) is 21.0 Å². The zero-order chi connectivity index (χ0) is 27.7. The van der Waals surface area contributed by atoms with Gasteiger partial charge in [0.05, 0.1) is 27.1 Å². The predicted octanol–water partition coefficient (Wildman–Crippen LogP) is 8.64. The molecule has 4 aromatic heterocycles. The minimum absolute atomic E-state index is 0.0620. The molecule has 2 aliphatic rings. The molecular formula is C32H29N2O2S4+. The van der Waals surface area contributed by atoms with Crippen LogP contribution in [0, 0.1) is 0 Å². The predicted molar refractivity (Wildman–Crippen MR) is 175 cm³/mol. The largest absolute Gasteiger partial charge is 0.506 e. The molecule has 5 aromatic rings. The van der Waals surface area contributed by atoms with Crippen molar-refractivity contribution in [1.82, 2.24) is 0 Å². The Morgan fingerprint density at radius 2 is 1.35 bits per heavy atom. The van der Waals surface area contributed by atoms with Gasteiger partial charge < -0.3 is 10.0 Å². The summed E-state index contributed by atoms with van der Waals surface area (Å²) >= 11 is 6.72. The molecule has 4 nitrogen and oxygen atoms in total. The molecule has 0 radical (unpaired) electrons. The van der Waals surface area contributed by atoms with Gasteiger partial charge in [-0.25, -0.2) is 4.58 Å². The molecule has 0 saturated heterocycles. The monoisotopic (exact) mass is 601 g/mol. The fraction of sp³-hybridized carbons (Fsp3) is 0.250. The quantitative estimate of drug-likeness (QED) is 0.154. The van der Waals surface area contributed by atoms with E-state index in [0.717, 1.165) is 68.8 Å². The van der Waals surface area contributed by atoms with E-state index in [0.29, 0.717) is 11.1 Å². The molecule has 0 fully saturated rings. The number of ketones is 1. The highest BCUT2D eigenvalue weighted by atomic mass is 32.1. The summed E-state index contributed by atoms with van der Waals surface area (Å²) in [7, 11) is 0. The number of rotatable bonds is 6. The third kappa shape index (κ3) is 3.40. The number of thiophene rings is 4. The molecule has 0 unspecified atom stereocenters. The van der Waals surface area contributed by atoms with Crippen LogP contribution in [-0.4, -0.2) is 47.4 Å². The molecule has 1 aromatic carbocycles. The van der Waals surface area contributed by atoms with Crippen molar-refractivity contribution in [3.05, 3.63) is 83.6 Å². The number of fused-ring (bicyclic) bond motifs is 4. The summed E-state index contributed by atoms with van der Waals surface area (Å²) in [6, 6.07) is 8.55. The molecular weight excluding hydrogens is 573 g/mol. The van der Waals surface area contributed by atoms with Crippen LogP contribution in [0.4, 0.5) is 5.69 Å². The topological polar surface area (TPSA) is 43.5 Å². The number of benzene rings is 1. The number of hydrogen-bond acceptors (Lipinski definition) is 7. The van der Waals surface area contributed by atoms with E-state index < -0.39 is 0 Å². The lowest BCUT2D eigenvalue weighted by Crippen LogP contribution is -2.28. The van der Waals surface area contributed by atoms with Gasteiger partial charge in [-0.2, -0.15) is 0 Å². The van der Waals surface area contributed by atoms with Crippen molar-refractivity contribution in [3.8, 4) is 0 Å². The second-order valence-corrected chi connectivity index (χ2v) is 13.5. The first-order chi connectivity index (χ1) is 19.5. The van der Waals surface area contributed by atoms with E-state index in [4.69, 9.17) is 0 Å². The molecule has 7 rings (SSSR count). The molecule has 2 aliphatic carbocycles. The molecule has 0 amide bonds. The van der Waals surface area contributed by atoms with Crippen LogP contribution >= 0.6 is 45.3 Å². The first-order valence-corrected chi connectivity index (χ1v) is 17.2. The van der Waals surface area contributed by atoms with Crippen LogP contribution in [0.1, 0.15) is 54.1 Å². The number of aliphatic hydroxyl groups excluding tert-OH is 1. The SMILES string of the molecule is CCN(CC)c1c2ccsc2c(C2=C(O)/C(=C3\c4ccsc4C(=[N+](CC)CC)c4ccsc43)C2=O)c2ccsc12. The number of nitrogens with zero attached hydrogens (tertiary/aromatic N) is 2. The second kappa shape index (κ2) is 9.80. The Bertz CT molecular complexity index is 1830. The number of allylic oxidation sites excluding steroid dienone is 2. The third-order valence-electron chi connectivity index (χ3n) is 8.18. The normalized spacial score (nSPS) is 16.6. The van der Waals surface area contributed by atoms with Crippen molar-refractivity contribution < 1.29 is 14.5 Å². The van der Waals surface area contributed by atoms with Gasteiger partial charge in [-0.1, -0.05) is 0 Å². The highest BCUT2D eigenvalue weighted by Crippen LogP contribution is 2.53. The summed E-state index contributed by atoms with van der Waals surface area (Å²) in [5.41, 5.74) is 7.35. The van der Waals surface area contributed by atoms with Crippen molar-refractivity contribution in [2.45, 2.75) is 27.7 Å². The molecule has 0 saturated carbocycles. The van der Waals surface area contributed by atoms with Gasteiger partial charge >= 0.3 is 0 Å². The second-order valence-electron chi connectivity index (χ2n) is 9.87. The van der Waals surface area contributed by atoms with Crippen molar-refractivity contribution in [3.63, 3.8) is 0 Å². The molecule has 1 N–H and O–H groups in total. The Kier molecular flexibility index (Phi) is 6.35. The van der Waals surface area contributed by atoms with Crippen LogP contribution in [0.2, 0.25) is 0 Å². The lowest BCUT2D eigenvalue weighted by Gasteiger charge is -2.29. The molecule has 0 aliphatic heterocycles. The van der Waals surface area contributed by atoms with Crippen LogP contribution in [0.15, 0.2) is 57.1 Å². The molecule has 0 spiro atoms. The van der Waals surface area contributed by atoms with Gasteiger partial charge in [0.25, 0.3) is 0 Å². The Labute approximate surface area is 249 Å². The van der Waals surface area contributed by atoms with Crippen LogP contribution in [0.25, 0.3) is 31.3 Å². The maximum atomic E-state index is 14.2. The first-order valence-electron chi connectivity index (χ1n) is 13.7. The Balaban J connectivity index is 1.50. The smallest absolute Gasteiger partial charge is 0.226 e. The van der Waals surface area contributed by atoms with Gasteiger partial charge in [-0.3, -0.25) is 4.79 Å². The highest BCUT2D eigenvalue weighted by Gasteiger charge is 2.44. The number of Topliss-reactive ketones (excluding diaryl/α,β-unsaturated/α-hetero) is 1. The standard InChI is InChI=1S/C32H28N2O2S4/c1-5-33(6-2)25-19-11-15-37-29(19)21(17-9-13-39-31(17)25)23-27(35)24(28(23)36)22-18-10-14-40-32(18)26(34(7-3)8-4)20-12-16-38-30(20)22/h9-16H,5-8H2,1-4H3/p+1. The molecule has 8 heteroatoms. The Morgan fingerprint density at radius 1 is 0.725 bits per heavy atom. The van der Waals surface area contributed by atoms with Gasteiger partial charge in [0, 0.05) is 50.1 Å². The lowest BCUT2D eigenvalue weighted by atomic mass is 9.76. The number of carbonyl (C=O) groups is 1. The number of anilines is 1. The molecule has 0 atom stereocenters. The maximum absolute atomic E-state index is 14.2. The number of hydrogen-bond donors (Lipinski definition) is 1. The number of carbonyl (C=O) groups excluding carboxylic acids is 1. The van der Waals surface area contributed by atoms with E-state index in [-0.39, 0.29) is 11.5 Å². The van der Waals surface area contributed by atoms with Gasteiger partial charge in [-0.05, 0) is 73.5 Å². The van der Waals surface area contributed by atoms with E-state index in [1.807, 2.05) is 0 Å². The number of aliphatic hydroxyl groups is 1. The van der Waals surface area contributed by atoms with Crippen LogP contribution in [0.3, 0.4) is 0 Å². The van der Waals surface area contributed by atoms with Crippen molar-refractivity contribution in [2.24, 2.45) is 0 Å². The summed E-state index contributed by atoms with van der Waals surface area (Å²) < 4.78 is 4.64. The van der Waals surface area contributed by atoms with Crippen LogP contribution in [0.5, 0.6) is 0 Å². The van der Waals surface area contributed by atoms with E-state index >= 15 is 0 Å². The van der Waals surface area contributed by atoms with Gasteiger partial charge in [0.15, 0.2) is 0 Å². The van der Waals surface area contributed by atoms with Crippen LogP contribution < -0.4 is 4.90 Å². The summed E-state index contributed by atoms with van der Waals surface area (Å²) in [6.45, 7) is 12.4. The average Bonchev–Trinajstić information content (AvgIpc) is 3.78. The van der Waals surface area contributed by atoms with E-state index in [2.05, 4.69) is 83.0 Å². The summed E-state index contributed by atoms with van der Waals surface area (Å²) in [4.78, 5) is 18.9. The molecule has 0 bridgehead atoms. The minimum Gasteiger partial charge on any atom is -0.506 e. The van der Waals surface area contributed by atoms with Gasteiger partial charge in [-0.15, -0.1) is 45.3 Å². The molecule has 40 heavy (non-hydrogen) atoms. The molecule has 202 valence electrons. The fourth-order valence-electron chi connectivity index (χ4n) is 6.32. The first kappa shape index (κ1) is 25.9. The maximum Gasteiger partial charge on any atom is 0.226 e. The average molecular weight is 602 g/mol. The van der Waals surface area contributed by atoms with E-state index in [1.54, 1.807) is 45.3 Å². The van der Waals surface area contributed by atoms with Crippen molar-refractivity contribution in [1.29, 1.82) is 0 Å². The van der Waals surface area contributed by atoms with E-state index in [9.17, 15) is 9.90 Å². The molecule has 4 heterocycles. The van der Waals surface area contributed by atoms with Crippen molar-refractivity contribution >= 4 is 93.8 Å². The van der Waals surface area contributed by atoms with Gasteiger partial charge in [0.1, 0.15) is 23.7 Å². The Hall–Kier alpha value is -3.04. The van der Waals surface area contributed by atoms with Gasteiger partial charge in [0.2, 0.25) is 11.5 Å². The summed E-state index contributed by atoms with van der Waals surface area (Å²) in [6.07, 6.45) is 0. The van der Waals surface area contributed by atoms with Crippen molar-refractivity contribution in [2.75, 3.05) is 31.1 Å². The summed E-state index contributed by atoms with van der Waals surface area (Å²) in [5, 5.41) is 22.4. The highest BCUT2D eigenvalue weighted by molar-refractivity contribution is 7.20. The lowest BCUT2D eigenvalue weighted by molar-refractivity contribution is -0.519. The zero-order valence-electron chi connectivity index (χ0n) is 22.8. The minimum atomic E-state index is -0.0620. The Morgan fingerprint density at radius 3 is 2.02 bits per heavy atom. The third-order valence-corrected chi connectivity index (χ3v) is 11.9.